The van der Waals surface area contributed by atoms with Crippen LogP contribution in [0.2, 0.25) is 0 Å². The van der Waals surface area contributed by atoms with E-state index < -0.39 is 0 Å². The molecule has 0 spiro atoms. The van der Waals surface area contributed by atoms with E-state index in [4.69, 9.17) is 10.5 Å². The molecule has 0 aliphatic rings. The van der Waals surface area contributed by atoms with Gasteiger partial charge in [-0.15, -0.1) is 0 Å². The predicted octanol–water partition coefficient (Wildman–Crippen LogP) is 3.32. The van der Waals surface area contributed by atoms with Crippen LogP contribution in [0.1, 0.15) is 43.9 Å². The highest BCUT2D eigenvalue weighted by atomic mass is 16.5. The van der Waals surface area contributed by atoms with Gasteiger partial charge in [-0.25, -0.2) is 9.97 Å². The van der Waals surface area contributed by atoms with Crippen molar-refractivity contribution in [3.8, 4) is 5.88 Å². The van der Waals surface area contributed by atoms with E-state index in [0.29, 0.717) is 11.7 Å². The standard InChI is InChI=1S/C15H19N3O/c1-10(2)13-14(16)17-9-18-15(13)19-11(3)12-7-5-4-6-8-12/h4-11H,1-3H3,(H2,16,17,18). The minimum absolute atomic E-state index is 0.0759. The quantitative estimate of drug-likeness (QED) is 0.912. The maximum absolute atomic E-state index is 5.94. The summed E-state index contributed by atoms with van der Waals surface area (Å²) in [6.45, 7) is 6.10. The molecule has 4 heteroatoms. The summed E-state index contributed by atoms with van der Waals surface area (Å²) < 4.78 is 5.94. The molecule has 2 N–H and O–H groups in total. The molecule has 0 saturated heterocycles. The minimum Gasteiger partial charge on any atom is -0.469 e. The summed E-state index contributed by atoms with van der Waals surface area (Å²) in [5.41, 5.74) is 7.88. The van der Waals surface area contributed by atoms with Crippen LogP contribution in [0.15, 0.2) is 36.7 Å². The number of aromatic nitrogens is 2. The molecule has 0 amide bonds. The fourth-order valence-electron chi connectivity index (χ4n) is 1.99. The highest BCUT2D eigenvalue weighted by molar-refractivity contribution is 5.46. The molecule has 0 saturated carbocycles. The molecule has 2 aromatic rings. The number of nitrogen functional groups attached to an aromatic ring is 1. The van der Waals surface area contributed by atoms with E-state index in [9.17, 15) is 0 Å². The zero-order valence-corrected chi connectivity index (χ0v) is 11.5. The zero-order valence-electron chi connectivity index (χ0n) is 11.5. The molecule has 0 radical (unpaired) electrons. The summed E-state index contributed by atoms with van der Waals surface area (Å²) in [6, 6.07) is 10.0. The van der Waals surface area contributed by atoms with Crippen molar-refractivity contribution < 1.29 is 4.74 Å². The molecular formula is C15H19N3O. The Balaban J connectivity index is 2.27. The van der Waals surface area contributed by atoms with Crippen LogP contribution in [0, 0.1) is 0 Å². The number of benzene rings is 1. The van der Waals surface area contributed by atoms with Gasteiger partial charge in [0.2, 0.25) is 5.88 Å². The molecule has 2 rings (SSSR count). The predicted molar refractivity (Wildman–Crippen MR) is 76.0 cm³/mol. The van der Waals surface area contributed by atoms with E-state index >= 15 is 0 Å². The van der Waals surface area contributed by atoms with Gasteiger partial charge in [0.1, 0.15) is 18.2 Å². The topological polar surface area (TPSA) is 61.0 Å². The second kappa shape index (κ2) is 5.69. The monoisotopic (exact) mass is 257 g/mol. The van der Waals surface area contributed by atoms with Gasteiger partial charge in [-0.2, -0.15) is 0 Å². The molecule has 4 nitrogen and oxygen atoms in total. The van der Waals surface area contributed by atoms with Crippen molar-refractivity contribution in [3.05, 3.63) is 47.8 Å². The molecule has 1 unspecified atom stereocenters. The van der Waals surface area contributed by atoms with E-state index in [1.807, 2.05) is 37.3 Å². The van der Waals surface area contributed by atoms with Crippen LogP contribution in [0.4, 0.5) is 5.82 Å². The Bertz CT molecular complexity index is 540. The van der Waals surface area contributed by atoms with Crippen molar-refractivity contribution in [2.75, 3.05) is 5.73 Å². The lowest BCUT2D eigenvalue weighted by Crippen LogP contribution is -2.09. The van der Waals surface area contributed by atoms with Gasteiger partial charge in [0.25, 0.3) is 0 Å². The fraction of sp³-hybridized carbons (Fsp3) is 0.333. The van der Waals surface area contributed by atoms with Crippen LogP contribution in [-0.2, 0) is 0 Å². The summed E-state index contributed by atoms with van der Waals surface area (Å²) in [6.07, 6.45) is 1.36. The van der Waals surface area contributed by atoms with Crippen molar-refractivity contribution >= 4 is 5.82 Å². The third-order valence-corrected chi connectivity index (χ3v) is 3.01. The Kier molecular flexibility index (Phi) is 4.00. The van der Waals surface area contributed by atoms with Gasteiger partial charge in [-0.3, -0.25) is 0 Å². The number of nitrogens with two attached hydrogens (primary N) is 1. The average Bonchev–Trinajstić information content (AvgIpc) is 2.39. The van der Waals surface area contributed by atoms with E-state index in [1.54, 1.807) is 0 Å². The lowest BCUT2D eigenvalue weighted by molar-refractivity contribution is 0.214. The summed E-state index contributed by atoms with van der Waals surface area (Å²) in [5.74, 6) is 1.28. The zero-order chi connectivity index (χ0) is 13.8. The summed E-state index contributed by atoms with van der Waals surface area (Å²) in [5, 5.41) is 0. The van der Waals surface area contributed by atoms with E-state index in [1.165, 1.54) is 6.33 Å². The van der Waals surface area contributed by atoms with Gasteiger partial charge >= 0.3 is 0 Å². The molecule has 1 atom stereocenters. The molecule has 0 aliphatic heterocycles. The lowest BCUT2D eigenvalue weighted by atomic mass is 10.1. The highest BCUT2D eigenvalue weighted by Gasteiger charge is 2.17. The van der Waals surface area contributed by atoms with Crippen molar-refractivity contribution in [2.45, 2.75) is 32.8 Å². The Labute approximate surface area is 113 Å². The van der Waals surface area contributed by atoms with Crippen molar-refractivity contribution in [1.82, 2.24) is 9.97 Å². The van der Waals surface area contributed by atoms with Crippen LogP contribution in [-0.4, -0.2) is 9.97 Å². The van der Waals surface area contributed by atoms with E-state index in [2.05, 4.69) is 23.8 Å². The first-order valence-electron chi connectivity index (χ1n) is 6.41. The van der Waals surface area contributed by atoms with Crippen LogP contribution < -0.4 is 10.5 Å². The molecule has 1 aromatic carbocycles. The van der Waals surface area contributed by atoms with E-state index in [-0.39, 0.29) is 12.0 Å². The maximum atomic E-state index is 5.94. The first-order chi connectivity index (χ1) is 9.09. The van der Waals surface area contributed by atoms with Gasteiger partial charge < -0.3 is 10.5 Å². The molecule has 1 heterocycles. The summed E-state index contributed by atoms with van der Waals surface area (Å²) >= 11 is 0. The van der Waals surface area contributed by atoms with Gasteiger partial charge in [0.05, 0.1) is 5.56 Å². The van der Waals surface area contributed by atoms with Crippen molar-refractivity contribution in [1.29, 1.82) is 0 Å². The number of rotatable bonds is 4. The number of hydrogen-bond acceptors (Lipinski definition) is 4. The van der Waals surface area contributed by atoms with Crippen molar-refractivity contribution in [3.63, 3.8) is 0 Å². The summed E-state index contributed by atoms with van der Waals surface area (Å²) in [4.78, 5) is 8.24. The number of anilines is 1. The minimum atomic E-state index is -0.0759. The third kappa shape index (κ3) is 3.02. The largest absolute Gasteiger partial charge is 0.469 e. The Morgan fingerprint density at radius 2 is 1.74 bits per heavy atom. The molecule has 1 aromatic heterocycles. The molecule has 0 fully saturated rings. The van der Waals surface area contributed by atoms with Crippen LogP contribution in [0.5, 0.6) is 5.88 Å². The molecular weight excluding hydrogens is 238 g/mol. The van der Waals surface area contributed by atoms with Crippen LogP contribution in [0.3, 0.4) is 0 Å². The normalized spacial score (nSPS) is 12.4. The second-order valence-corrected chi connectivity index (χ2v) is 4.80. The SMILES string of the molecule is CC(C)c1c(N)ncnc1OC(C)c1ccccc1. The highest BCUT2D eigenvalue weighted by Crippen LogP contribution is 2.31. The number of ether oxygens (including phenoxy) is 1. The third-order valence-electron chi connectivity index (χ3n) is 3.01. The molecule has 0 aliphatic carbocycles. The first kappa shape index (κ1) is 13.3. The van der Waals surface area contributed by atoms with Crippen molar-refractivity contribution in [2.24, 2.45) is 0 Å². The smallest absolute Gasteiger partial charge is 0.222 e. The average molecular weight is 257 g/mol. The fourth-order valence-corrected chi connectivity index (χ4v) is 1.99. The molecule has 19 heavy (non-hydrogen) atoms. The van der Waals surface area contributed by atoms with Gasteiger partial charge in [0.15, 0.2) is 0 Å². The first-order valence-corrected chi connectivity index (χ1v) is 6.41. The van der Waals surface area contributed by atoms with Crippen LogP contribution in [0.25, 0.3) is 0 Å². The molecule has 0 bridgehead atoms. The van der Waals surface area contributed by atoms with Gasteiger partial charge in [-0.1, -0.05) is 44.2 Å². The second-order valence-electron chi connectivity index (χ2n) is 4.80. The number of hydrogen-bond donors (Lipinski definition) is 1. The Hall–Kier alpha value is -2.10. The van der Waals surface area contributed by atoms with Gasteiger partial charge in [-0.05, 0) is 18.4 Å². The van der Waals surface area contributed by atoms with Gasteiger partial charge in [0, 0.05) is 0 Å². The van der Waals surface area contributed by atoms with Crippen LogP contribution >= 0.6 is 0 Å². The number of nitrogens with zero attached hydrogens (tertiary/aromatic N) is 2. The maximum Gasteiger partial charge on any atom is 0.222 e. The molecule has 100 valence electrons. The Morgan fingerprint density at radius 1 is 1.05 bits per heavy atom. The summed E-state index contributed by atoms with van der Waals surface area (Å²) in [7, 11) is 0. The Morgan fingerprint density at radius 3 is 2.37 bits per heavy atom. The van der Waals surface area contributed by atoms with E-state index in [0.717, 1.165) is 11.1 Å². The lowest BCUT2D eigenvalue weighted by Gasteiger charge is -2.18.